The number of fused-ring (bicyclic) bond motifs is 4. The summed E-state index contributed by atoms with van der Waals surface area (Å²) in [5.74, 6) is -3.20. The Bertz CT molecular complexity index is 1910. The number of carboxylic acid groups (broad SMARTS) is 1. The predicted octanol–water partition coefficient (Wildman–Crippen LogP) is 2.13. The van der Waals surface area contributed by atoms with Crippen molar-refractivity contribution in [2.45, 2.75) is 77.4 Å². The molecule has 2 aromatic heterocycles. The van der Waals surface area contributed by atoms with E-state index in [0.717, 1.165) is 0 Å². The number of furan rings is 1. The third kappa shape index (κ3) is 17.7. The zero-order valence-electron chi connectivity index (χ0n) is 34.4. The Balaban J connectivity index is -0.000000705. The summed E-state index contributed by atoms with van der Waals surface area (Å²) in [6.45, 7) is 7.08. The minimum atomic E-state index is -4.64. The van der Waals surface area contributed by atoms with E-state index < -0.39 is 71.1 Å². The fourth-order valence-electron chi connectivity index (χ4n) is 4.89. The van der Waals surface area contributed by atoms with Gasteiger partial charge >= 0.3 is 18.3 Å². The average molecular weight is 901 g/mol. The van der Waals surface area contributed by atoms with Gasteiger partial charge in [-0.25, -0.2) is 9.48 Å². The topological polar surface area (TPSA) is 356 Å². The normalized spacial score (nSPS) is 17.8. The minimum Gasteiger partial charge on any atom is -0.478 e. The number of azide groups is 1. The molecular weight excluding hydrogens is 850 g/mol. The molecule has 0 fully saturated rings. The number of nitrogens with one attached hydrogen (secondary N) is 2. The van der Waals surface area contributed by atoms with Gasteiger partial charge in [-0.2, -0.15) is 26.3 Å². The van der Waals surface area contributed by atoms with Crippen molar-refractivity contribution in [3.8, 4) is 0 Å². The fourth-order valence-corrected chi connectivity index (χ4v) is 4.89. The highest BCUT2D eigenvalue weighted by Gasteiger charge is 2.52. The lowest BCUT2D eigenvalue weighted by atomic mass is 9.92. The first-order chi connectivity index (χ1) is 28.2. The number of ether oxygens (including phenoxy) is 2. The van der Waals surface area contributed by atoms with Crippen LogP contribution in [0.15, 0.2) is 80.8 Å². The number of hydrogen-bond acceptors (Lipinski definition) is 12. The van der Waals surface area contributed by atoms with Crippen molar-refractivity contribution in [3.05, 3.63) is 93.1 Å². The number of carboxylic acids is 1. The van der Waals surface area contributed by atoms with Gasteiger partial charge in [-0.3, -0.25) is 19.2 Å². The van der Waals surface area contributed by atoms with E-state index >= 15 is 0 Å². The molecule has 0 saturated heterocycles. The summed E-state index contributed by atoms with van der Waals surface area (Å²) in [5, 5.41) is 23.5. The van der Waals surface area contributed by atoms with Crippen LogP contribution in [0.25, 0.3) is 10.4 Å². The number of carbonyl (C=O) groups excluding carboxylic acids is 4. The smallest absolute Gasteiger partial charge is 0.416 e. The Morgan fingerprint density at radius 1 is 0.855 bits per heavy atom. The van der Waals surface area contributed by atoms with Gasteiger partial charge < -0.3 is 52.1 Å². The van der Waals surface area contributed by atoms with E-state index in [1.807, 2.05) is 26.0 Å². The monoisotopic (exact) mass is 900 g/mol. The van der Waals surface area contributed by atoms with Gasteiger partial charge in [-0.1, -0.05) is 55.4 Å². The number of halogens is 6. The number of alkyl halides is 6. The van der Waals surface area contributed by atoms with E-state index in [9.17, 15) is 50.3 Å². The van der Waals surface area contributed by atoms with Crippen LogP contribution in [0.2, 0.25) is 0 Å². The number of nitrogens with zero attached hydrogens (tertiary/aromatic N) is 6. The lowest BCUT2D eigenvalue weighted by Gasteiger charge is -2.14. The number of ketones is 1. The Labute approximate surface area is 350 Å². The molecule has 6 rings (SSSR count). The zero-order valence-corrected chi connectivity index (χ0v) is 34.4. The van der Waals surface area contributed by atoms with E-state index in [0.29, 0.717) is 5.69 Å². The van der Waals surface area contributed by atoms with Crippen LogP contribution in [0.1, 0.15) is 43.4 Å². The van der Waals surface area contributed by atoms with Crippen LogP contribution >= 0.6 is 0 Å². The summed E-state index contributed by atoms with van der Waals surface area (Å²) >= 11 is 0. The summed E-state index contributed by atoms with van der Waals surface area (Å²) in [6, 6.07) is 3.67. The minimum absolute atomic E-state index is 0. The molecule has 4 atom stereocenters. The molecule has 4 aliphatic heterocycles. The van der Waals surface area contributed by atoms with E-state index in [1.165, 1.54) is 50.1 Å². The van der Waals surface area contributed by atoms with Gasteiger partial charge in [-0.15, -0.1) is 5.10 Å². The second-order valence-corrected chi connectivity index (χ2v) is 11.0. The van der Waals surface area contributed by atoms with Gasteiger partial charge in [0.05, 0.1) is 34.9 Å². The van der Waals surface area contributed by atoms with Crippen LogP contribution in [0.4, 0.5) is 26.3 Å². The molecule has 4 aliphatic rings. The summed E-state index contributed by atoms with van der Waals surface area (Å²) in [5.41, 5.74) is 15.0. The van der Waals surface area contributed by atoms with Gasteiger partial charge in [0.25, 0.3) is 5.91 Å². The van der Waals surface area contributed by atoms with E-state index in [-0.39, 0.29) is 53.5 Å². The summed E-state index contributed by atoms with van der Waals surface area (Å²) in [7, 11) is 4.50. The van der Waals surface area contributed by atoms with Crippen LogP contribution in [0.3, 0.4) is 0 Å². The molecule has 3 amide bonds. The first kappa shape index (κ1) is 59.9. The first-order valence-electron chi connectivity index (χ1n) is 17.5. The standard InChI is InChI=1S/C10H9F3O2.C8H5F3O3.C7H11N5O2.C4H4O.C3H6N4O.C2H6.CH5N.2H2O/c1-2-5(14)8-6-3-4-7(15-6)9(8)10(11,12)13;9-8(10,11)6-4-2-1-3(14-4)5(6)7(12)13;1-4-6(7(8)14)10-11-12(4)3-5(13)9-2;1-2-4-5-3-1;1-5-3(8)2-6-7-4;2*1-2;;/h3-4,6-7H,2H2,1H3;1-4H,(H,12,13);3H2,1-2H3,(H2,8,14)(H,9,13);1-4H;2H2,1H3,(H,5,8);1-2H3;2H2,1H3;2*1H2. The number of rotatable bonds is 8. The van der Waals surface area contributed by atoms with Crippen LogP contribution in [0, 0.1) is 6.92 Å². The molecule has 0 saturated carbocycles. The number of hydrogen-bond donors (Lipinski definition) is 5. The van der Waals surface area contributed by atoms with Gasteiger partial charge in [0.2, 0.25) is 11.8 Å². The van der Waals surface area contributed by atoms with E-state index in [4.69, 9.17) is 25.8 Å². The molecule has 348 valence electrons. The van der Waals surface area contributed by atoms with Crippen molar-refractivity contribution in [1.29, 1.82) is 0 Å². The molecule has 6 heterocycles. The Morgan fingerprint density at radius 2 is 1.29 bits per heavy atom. The molecule has 0 spiro atoms. The molecule has 0 aliphatic carbocycles. The molecule has 11 N–H and O–H groups in total. The predicted molar refractivity (Wildman–Crippen MR) is 208 cm³/mol. The molecule has 27 heteroatoms. The van der Waals surface area contributed by atoms with Crippen molar-refractivity contribution in [2.24, 2.45) is 16.6 Å². The maximum Gasteiger partial charge on any atom is 0.416 e. The highest BCUT2D eigenvalue weighted by Crippen LogP contribution is 2.44. The van der Waals surface area contributed by atoms with Crippen molar-refractivity contribution < 1.29 is 80.3 Å². The summed E-state index contributed by atoms with van der Waals surface area (Å²) < 4.78 is 90.8. The van der Waals surface area contributed by atoms with Crippen LogP contribution in [-0.2, 0) is 35.2 Å². The number of aromatic nitrogens is 3. The van der Waals surface area contributed by atoms with Crippen molar-refractivity contribution in [1.82, 2.24) is 25.6 Å². The lowest BCUT2D eigenvalue weighted by molar-refractivity contribution is -0.134. The van der Waals surface area contributed by atoms with Gasteiger partial charge in [0.15, 0.2) is 11.5 Å². The number of nitrogens with two attached hydrogens (primary N) is 2. The van der Waals surface area contributed by atoms with Gasteiger partial charge in [-0.05, 0) is 31.6 Å². The molecule has 4 unspecified atom stereocenters. The van der Waals surface area contributed by atoms with Crippen LogP contribution in [-0.4, -0.2) is 125 Å². The van der Waals surface area contributed by atoms with E-state index in [2.05, 4.69) is 41.1 Å². The summed E-state index contributed by atoms with van der Waals surface area (Å²) in [6.07, 6.45) is -4.58. The maximum absolute atomic E-state index is 12.6. The maximum atomic E-state index is 12.6. The van der Waals surface area contributed by atoms with Crippen LogP contribution < -0.4 is 22.1 Å². The third-order valence-electron chi connectivity index (χ3n) is 7.46. The zero-order chi connectivity index (χ0) is 46.4. The number of amides is 3. The molecule has 0 aromatic carbocycles. The molecule has 62 heavy (non-hydrogen) atoms. The highest BCUT2D eigenvalue weighted by molar-refractivity contribution is 5.98. The number of likely N-dealkylation sites (N-methyl/N-ethyl adjacent to an activating group) is 2. The Morgan fingerprint density at radius 3 is 1.61 bits per heavy atom. The largest absolute Gasteiger partial charge is 0.478 e. The van der Waals surface area contributed by atoms with Crippen LogP contribution in [0.5, 0.6) is 0 Å². The Hall–Kier alpha value is -6.38. The van der Waals surface area contributed by atoms with Crippen molar-refractivity contribution >= 4 is 29.5 Å². The quantitative estimate of drug-likeness (QED) is 0.0837. The lowest BCUT2D eigenvalue weighted by Crippen LogP contribution is -2.24. The van der Waals surface area contributed by atoms with Gasteiger partial charge in [0.1, 0.15) is 37.5 Å². The van der Waals surface area contributed by atoms with Crippen molar-refractivity contribution in [3.63, 3.8) is 0 Å². The number of primary amides is 1. The highest BCUT2D eigenvalue weighted by atomic mass is 19.4. The fraction of sp³-hybridized carbons (Fsp3) is 0.457. The molecule has 21 nitrogen and oxygen atoms in total. The first-order valence-corrected chi connectivity index (χ1v) is 17.5. The van der Waals surface area contributed by atoms with Gasteiger partial charge in [0, 0.05) is 31.0 Å². The number of carbonyl (C=O) groups is 5. The Kier molecular flexibility index (Phi) is 28.0. The molecule has 4 bridgehead atoms. The number of Topliss-reactive ketones (excluding diaryl/α,β-unsaturated/α-hetero) is 1. The average Bonchev–Trinajstić information content (AvgIpc) is 4.09. The third-order valence-corrected chi connectivity index (χ3v) is 7.46. The molecule has 0 radical (unpaired) electrons. The SMILES string of the molecule is CC.CCC(=O)C1=C(C(F)(F)F)C2C=CC1O2.CN.CNC(=O)CN=[N+]=[N-].CNC(=O)Cn1nnc(C(N)=O)c1C.O.O.O=C(O)C1=C(C(F)(F)F)C2C=CC1O2.c1ccoc1. The second-order valence-electron chi connectivity index (χ2n) is 11.0. The van der Waals surface area contributed by atoms with E-state index in [1.54, 1.807) is 26.4 Å². The van der Waals surface area contributed by atoms with Crippen molar-refractivity contribution in [2.75, 3.05) is 27.7 Å². The molecular formula is C35H50F6N10O11. The number of aliphatic carboxylic acids is 1. The molecule has 2 aromatic rings. The second kappa shape index (κ2) is 29.0. The summed E-state index contributed by atoms with van der Waals surface area (Å²) in [4.78, 5) is 56.3.